The van der Waals surface area contributed by atoms with Crippen molar-refractivity contribution in [3.05, 3.63) is 87.2 Å². The maximum absolute atomic E-state index is 14.0. The van der Waals surface area contributed by atoms with E-state index in [0.717, 1.165) is 0 Å². The molecule has 160 valence electrons. The van der Waals surface area contributed by atoms with Crippen molar-refractivity contribution in [1.29, 1.82) is 0 Å². The fraction of sp³-hybridized carbons (Fsp3) is 0.238. The smallest absolute Gasteiger partial charge is 0.294 e. The first-order chi connectivity index (χ1) is 14.9. The summed E-state index contributed by atoms with van der Waals surface area (Å²) in [5.41, 5.74) is 0.859. The van der Waals surface area contributed by atoms with Crippen molar-refractivity contribution in [3.63, 3.8) is 0 Å². The Hall–Kier alpha value is -3.30. The first kappa shape index (κ1) is 21.0. The summed E-state index contributed by atoms with van der Waals surface area (Å²) in [6.45, 7) is 2.32. The third-order valence-electron chi connectivity index (χ3n) is 5.30. The summed E-state index contributed by atoms with van der Waals surface area (Å²) in [7, 11) is 0. The number of carbonyl (C=O) groups excluding carboxylic acids is 1. The minimum Gasteiger partial charge on any atom is -0.336 e. The zero-order valence-corrected chi connectivity index (χ0v) is 17.2. The van der Waals surface area contributed by atoms with Gasteiger partial charge in [-0.05, 0) is 24.3 Å². The van der Waals surface area contributed by atoms with Crippen molar-refractivity contribution in [2.75, 3.05) is 26.2 Å². The Morgan fingerprint density at radius 1 is 1.19 bits per heavy atom. The number of imidazole rings is 1. The van der Waals surface area contributed by atoms with Gasteiger partial charge in [0.1, 0.15) is 11.5 Å². The lowest BCUT2D eigenvalue weighted by atomic mass is 10.1. The largest absolute Gasteiger partial charge is 0.336 e. The molecule has 0 spiro atoms. The molecular weight excluding hydrogens is 425 g/mol. The lowest BCUT2D eigenvalue weighted by Gasteiger charge is -2.35. The Morgan fingerprint density at radius 3 is 2.61 bits per heavy atom. The molecule has 3 aromatic rings. The van der Waals surface area contributed by atoms with E-state index in [1.54, 1.807) is 35.4 Å². The monoisotopic (exact) mass is 443 g/mol. The summed E-state index contributed by atoms with van der Waals surface area (Å²) in [5, 5.41) is 11.9. The van der Waals surface area contributed by atoms with Crippen LogP contribution in [-0.4, -0.2) is 56.4 Å². The molecule has 1 aliphatic rings. The molecule has 0 saturated carbocycles. The van der Waals surface area contributed by atoms with Crippen LogP contribution in [0.5, 0.6) is 0 Å². The number of nitro groups is 1. The van der Waals surface area contributed by atoms with Crippen LogP contribution in [0.15, 0.2) is 55.1 Å². The summed E-state index contributed by atoms with van der Waals surface area (Å²) in [6, 6.07) is 9.01. The highest BCUT2D eigenvalue weighted by Crippen LogP contribution is 2.26. The number of amides is 1. The van der Waals surface area contributed by atoms with Crippen molar-refractivity contribution in [1.82, 2.24) is 19.4 Å². The lowest BCUT2D eigenvalue weighted by molar-refractivity contribution is -0.384. The second-order valence-corrected chi connectivity index (χ2v) is 7.61. The van der Waals surface area contributed by atoms with E-state index in [1.807, 2.05) is 4.90 Å². The highest BCUT2D eigenvalue weighted by atomic mass is 35.5. The van der Waals surface area contributed by atoms with E-state index in [9.17, 15) is 19.3 Å². The second kappa shape index (κ2) is 8.83. The van der Waals surface area contributed by atoms with Crippen LogP contribution in [0, 0.1) is 15.9 Å². The molecule has 1 saturated heterocycles. The standard InChI is InChI=1S/C21H19ClFN5O3/c22-17-2-1-3-18(23)16(17)13-25-8-10-26(11-9-25)21(29)15-4-5-19(20(12-15)28(30)31)27-7-6-24-14-27/h1-7,12,14H,8-11,13H2. The predicted molar refractivity (Wildman–Crippen MR) is 113 cm³/mol. The average molecular weight is 444 g/mol. The Balaban J connectivity index is 1.45. The van der Waals surface area contributed by atoms with Crippen LogP contribution in [0.2, 0.25) is 5.02 Å². The molecule has 0 atom stereocenters. The van der Waals surface area contributed by atoms with E-state index in [4.69, 9.17) is 11.6 Å². The molecule has 4 rings (SSSR count). The van der Waals surface area contributed by atoms with E-state index >= 15 is 0 Å². The van der Waals surface area contributed by atoms with Crippen molar-refractivity contribution in [2.45, 2.75) is 6.54 Å². The molecule has 2 aromatic carbocycles. The number of piperazine rings is 1. The number of halogens is 2. The molecule has 0 radical (unpaired) electrons. The third kappa shape index (κ3) is 4.42. The zero-order chi connectivity index (χ0) is 22.0. The number of nitrogens with zero attached hydrogens (tertiary/aromatic N) is 5. The maximum Gasteiger partial charge on any atom is 0.294 e. The molecule has 1 amide bonds. The van der Waals surface area contributed by atoms with Gasteiger partial charge < -0.3 is 9.47 Å². The molecule has 10 heteroatoms. The fourth-order valence-corrected chi connectivity index (χ4v) is 3.84. The quantitative estimate of drug-likeness (QED) is 0.445. The van der Waals surface area contributed by atoms with Crippen molar-refractivity contribution in [2.24, 2.45) is 0 Å². The number of hydrogen-bond donors (Lipinski definition) is 0. The van der Waals surface area contributed by atoms with Gasteiger partial charge >= 0.3 is 0 Å². The van der Waals surface area contributed by atoms with Crippen LogP contribution >= 0.6 is 11.6 Å². The van der Waals surface area contributed by atoms with Gasteiger partial charge in [0, 0.05) is 67.3 Å². The summed E-state index contributed by atoms with van der Waals surface area (Å²) < 4.78 is 15.6. The van der Waals surface area contributed by atoms with E-state index in [1.165, 1.54) is 29.2 Å². The highest BCUT2D eigenvalue weighted by Gasteiger charge is 2.25. The van der Waals surface area contributed by atoms with Gasteiger partial charge in [0.25, 0.3) is 11.6 Å². The molecule has 31 heavy (non-hydrogen) atoms. The molecule has 1 fully saturated rings. The number of rotatable bonds is 5. The minimum atomic E-state index is -0.512. The Labute approximate surface area is 182 Å². The van der Waals surface area contributed by atoms with E-state index in [2.05, 4.69) is 4.98 Å². The molecule has 1 aliphatic heterocycles. The molecule has 0 unspecified atom stereocenters. The zero-order valence-electron chi connectivity index (χ0n) is 16.4. The number of benzene rings is 2. The van der Waals surface area contributed by atoms with Gasteiger partial charge in [0.05, 0.1) is 11.3 Å². The lowest BCUT2D eigenvalue weighted by Crippen LogP contribution is -2.48. The van der Waals surface area contributed by atoms with Gasteiger partial charge in [0.15, 0.2) is 0 Å². The van der Waals surface area contributed by atoms with Crippen LogP contribution < -0.4 is 0 Å². The van der Waals surface area contributed by atoms with Gasteiger partial charge in [-0.3, -0.25) is 19.8 Å². The van der Waals surface area contributed by atoms with Gasteiger partial charge in [-0.2, -0.15) is 0 Å². The molecule has 8 nitrogen and oxygen atoms in total. The van der Waals surface area contributed by atoms with Crippen LogP contribution in [-0.2, 0) is 6.54 Å². The van der Waals surface area contributed by atoms with Gasteiger partial charge in [-0.1, -0.05) is 17.7 Å². The highest BCUT2D eigenvalue weighted by molar-refractivity contribution is 6.31. The normalized spacial score (nSPS) is 14.6. The number of nitro benzene ring substituents is 1. The topological polar surface area (TPSA) is 84.5 Å². The SMILES string of the molecule is O=C(c1ccc(-n2ccnc2)c([N+](=O)[O-])c1)N1CCN(Cc2c(F)cccc2Cl)CC1. The summed E-state index contributed by atoms with van der Waals surface area (Å²) in [5.74, 6) is -0.625. The van der Waals surface area contributed by atoms with Gasteiger partial charge in [-0.25, -0.2) is 9.37 Å². The first-order valence-electron chi connectivity index (χ1n) is 9.65. The molecular formula is C21H19ClFN5O3. The molecule has 2 heterocycles. The van der Waals surface area contributed by atoms with Crippen LogP contribution in [0.4, 0.5) is 10.1 Å². The van der Waals surface area contributed by atoms with Crippen LogP contribution in [0.1, 0.15) is 15.9 Å². The molecule has 0 N–H and O–H groups in total. The third-order valence-corrected chi connectivity index (χ3v) is 5.66. The van der Waals surface area contributed by atoms with Crippen LogP contribution in [0.3, 0.4) is 0 Å². The predicted octanol–water partition coefficient (Wildman–Crippen LogP) is 3.53. The van der Waals surface area contributed by atoms with E-state index < -0.39 is 4.92 Å². The van der Waals surface area contributed by atoms with Gasteiger partial charge in [0.2, 0.25) is 0 Å². The maximum atomic E-state index is 14.0. The van der Waals surface area contributed by atoms with Crippen molar-refractivity contribution in [3.8, 4) is 5.69 Å². The second-order valence-electron chi connectivity index (χ2n) is 7.20. The van der Waals surface area contributed by atoms with E-state index in [-0.39, 0.29) is 23.0 Å². The number of hydrogen-bond acceptors (Lipinski definition) is 5. The van der Waals surface area contributed by atoms with Crippen molar-refractivity contribution < 1.29 is 14.1 Å². The Morgan fingerprint density at radius 2 is 1.97 bits per heavy atom. The van der Waals surface area contributed by atoms with Gasteiger partial charge in [-0.15, -0.1) is 0 Å². The molecule has 0 aliphatic carbocycles. The number of aromatic nitrogens is 2. The average Bonchev–Trinajstić information content (AvgIpc) is 3.31. The fourth-order valence-electron chi connectivity index (χ4n) is 3.62. The van der Waals surface area contributed by atoms with Crippen LogP contribution in [0.25, 0.3) is 5.69 Å². The van der Waals surface area contributed by atoms with Crippen molar-refractivity contribution >= 4 is 23.2 Å². The Bertz CT molecular complexity index is 1090. The number of carbonyl (C=O) groups is 1. The summed E-state index contributed by atoms with van der Waals surface area (Å²) >= 11 is 6.11. The Kier molecular flexibility index (Phi) is 5.97. The minimum absolute atomic E-state index is 0.170. The summed E-state index contributed by atoms with van der Waals surface area (Å²) in [6.07, 6.45) is 4.59. The molecule has 0 bridgehead atoms. The molecule has 1 aromatic heterocycles. The summed E-state index contributed by atoms with van der Waals surface area (Å²) in [4.78, 5) is 31.5. The van der Waals surface area contributed by atoms with E-state index in [0.29, 0.717) is 49.0 Å². The first-order valence-corrected chi connectivity index (χ1v) is 10.0.